The van der Waals surface area contributed by atoms with Gasteiger partial charge in [0.25, 0.3) is 10.0 Å². The van der Waals surface area contributed by atoms with Crippen LogP contribution in [0, 0.1) is 17.5 Å². The van der Waals surface area contributed by atoms with Crippen molar-refractivity contribution in [3.8, 4) is 0 Å². The molecule has 0 saturated carbocycles. The van der Waals surface area contributed by atoms with E-state index in [-0.39, 0.29) is 11.4 Å². The first-order chi connectivity index (χ1) is 11.2. The molecular weight excluding hydrogens is 365 g/mol. The van der Waals surface area contributed by atoms with Gasteiger partial charge in [0.1, 0.15) is 4.90 Å². The molecule has 0 heterocycles. The van der Waals surface area contributed by atoms with Crippen LogP contribution in [0.3, 0.4) is 0 Å². The van der Waals surface area contributed by atoms with Gasteiger partial charge in [-0.3, -0.25) is 9.52 Å². The summed E-state index contributed by atoms with van der Waals surface area (Å²) in [6, 6.07) is 7.13. The number of benzene rings is 2. The molecule has 2 aromatic carbocycles. The highest BCUT2D eigenvalue weighted by Crippen LogP contribution is 2.29. The number of nitrogens with two attached hydrogens (primary N) is 1. The van der Waals surface area contributed by atoms with E-state index < -0.39 is 38.3 Å². The maximum atomic E-state index is 13.7. The van der Waals surface area contributed by atoms with Crippen LogP contribution >= 0.6 is 11.8 Å². The number of para-hydroxylation sites is 1. The quantitative estimate of drug-likeness (QED) is 0.599. The van der Waals surface area contributed by atoms with Gasteiger partial charge in [0.2, 0.25) is 5.91 Å². The first-order valence-electron chi connectivity index (χ1n) is 6.39. The zero-order valence-electron chi connectivity index (χ0n) is 11.9. The van der Waals surface area contributed by atoms with Crippen molar-refractivity contribution in [2.75, 3.05) is 10.5 Å². The van der Waals surface area contributed by atoms with Crippen molar-refractivity contribution in [3.05, 3.63) is 53.8 Å². The van der Waals surface area contributed by atoms with E-state index >= 15 is 0 Å². The summed E-state index contributed by atoms with van der Waals surface area (Å²) in [6.45, 7) is 0. The number of hydrogen-bond acceptors (Lipinski definition) is 4. The highest BCUT2D eigenvalue weighted by Gasteiger charge is 2.24. The molecule has 0 radical (unpaired) electrons. The van der Waals surface area contributed by atoms with E-state index in [2.05, 4.69) is 4.72 Å². The second-order valence-corrected chi connectivity index (χ2v) is 7.20. The minimum absolute atomic E-state index is 0.0490. The summed E-state index contributed by atoms with van der Waals surface area (Å²) in [4.78, 5) is 10.2. The van der Waals surface area contributed by atoms with E-state index in [0.717, 1.165) is 11.8 Å². The van der Waals surface area contributed by atoms with Crippen LogP contribution in [0.25, 0.3) is 0 Å². The minimum Gasteiger partial charge on any atom is -0.369 e. The summed E-state index contributed by atoms with van der Waals surface area (Å²) in [5.41, 5.74) is 5.08. The lowest BCUT2D eigenvalue weighted by Crippen LogP contribution is -2.17. The normalized spacial score (nSPS) is 11.3. The average molecular weight is 376 g/mol. The molecule has 0 atom stereocenters. The third-order valence-electron chi connectivity index (χ3n) is 2.79. The molecule has 0 spiro atoms. The van der Waals surface area contributed by atoms with Gasteiger partial charge in [-0.1, -0.05) is 12.1 Å². The second kappa shape index (κ2) is 7.14. The van der Waals surface area contributed by atoms with Gasteiger partial charge >= 0.3 is 0 Å². The fraction of sp³-hybridized carbons (Fsp3) is 0.0714. The predicted octanol–water partition coefficient (Wildman–Crippen LogP) is 2.48. The summed E-state index contributed by atoms with van der Waals surface area (Å²) in [5, 5.41) is 0. The van der Waals surface area contributed by atoms with E-state index in [1.54, 1.807) is 6.07 Å². The van der Waals surface area contributed by atoms with Crippen molar-refractivity contribution in [2.45, 2.75) is 9.79 Å². The van der Waals surface area contributed by atoms with Crippen LogP contribution in [0.15, 0.2) is 46.2 Å². The molecule has 2 rings (SSSR count). The number of primary amides is 1. The number of halogens is 3. The molecule has 3 N–H and O–H groups in total. The Bertz CT molecular complexity index is 889. The van der Waals surface area contributed by atoms with Crippen molar-refractivity contribution in [1.82, 2.24) is 0 Å². The van der Waals surface area contributed by atoms with Crippen LogP contribution in [0.1, 0.15) is 0 Å². The molecule has 0 aromatic heterocycles. The van der Waals surface area contributed by atoms with Crippen LogP contribution in [0.4, 0.5) is 18.9 Å². The van der Waals surface area contributed by atoms with Gasteiger partial charge in [-0.05, 0) is 24.3 Å². The number of thioether (sulfide) groups is 1. The third-order valence-corrected chi connectivity index (χ3v) is 5.27. The van der Waals surface area contributed by atoms with E-state index in [0.29, 0.717) is 17.0 Å². The number of sulfonamides is 1. The molecule has 5 nitrogen and oxygen atoms in total. The number of hydrogen-bond donors (Lipinski definition) is 2. The first kappa shape index (κ1) is 18.1. The van der Waals surface area contributed by atoms with Crippen LogP contribution in [-0.4, -0.2) is 20.1 Å². The SMILES string of the molecule is NC(=O)CSc1ccccc1NS(=O)(=O)c1ccc(F)c(F)c1F. The van der Waals surface area contributed by atoms with Gasteiger partial charge in [0.05, 0.1) is 11.4 Å². The molecule has 0 aliphatic heterocycles. The van der Waals surface area contributed by atoms with Gasteiger partial charge in [0, 0.05) is 4.90 Å². The average Bonchev–Trinajstić information content (AvgIpc) is 2.51. The zero-order chi connectivity index (χ0) is 17.9. The summed E-state index contributed by atoms with van der Waals surface area (Å²) in [6.07, 6.45) is 0. The molecule has 1 amide bonds. The van der Waals surface area contributed by atoms with Crippen molar-refractivity contribution < 1.29 is 26.4 Å². The van der Waals surface area contributed by atoms with Crippen LogP contribution < -0.4 is 10.5 Å². The molecule has 10 heteroatoms. The number of carbonyl (C=O) groups is 1. The monoisotopic (exact) mass is 376 g/mol. The smallest absolute Gasteiger partial charge is 0.264 e. The summed E-state index contributed by atoms with van der Waals surface area (Å²) in [7, 11) is -4.51. The van der Waals surface area contributed by atoms with E-state index in [4.69, 9.17) is 5.73 Å². The number of amides is 1. The molecule has 0 aliphatic carbocycles. The molecular formula is C14H11F3N2O3S2. The Kier molecular flexibility index (Phi) is 5.40. The fourth-order valence-electron chi connectivity index (χ4n) is 1.74. The topological polar surface area (TPSA) is 89.3 Å². The van der Waals surface area contributed by atoms with E-state index in [9.17, 15) is 26.4 Å². The standard InChI is InChI=1S/C14H11F3N2O3S2/c15-8-5-6-11(14(17)13(8)16)24(21,22)19-9-3-1-2-4-10(9)23-7-12(18)20/h1-6,19H,7H2,(H2,18,20). The molecule has 128 valence electrons. The number of carbonyl (C=O) groups excluding carboxylic acids is 1. The largest absolute Gasteiger partial charge is 0.369 e. The van der Waals surface area contributed by atoms with Gasteiger partial charge in [0.15, 0.2) is 17.5 Å². The van der Waals surface area contributed by atoms with Crippen molar-refractivity contribution in [3.63, 3.8) is 0 Å². The zero-order valence-corrected chi connectivity index (χ0v) is 13.6. The first-order valence-corrected chi connectivity index (χ1v) is 8.85. The summed E-state index contributed by atoms with van der Waals surface area (Å²) < 4.78 is 66.5. The highest BCUT2D eigenvalue weighted by atomic mass is 32.2. The van der Waals surface area contributed by atoms with Gasteiger partial charge < -0.3 is 5.73 Å². The maximum absolute atomic E-state index is 13.7. The molecule has 2 aromatic rings. The van der Waals surface area contributed by atoms with Crippen molar-refractivity contribution >= 4 is 33.4 Å². The molecule has 0 unspecified atom stereocenters. The third kappa shape index (κ3) is 4.01. The molecule has 0 fully saturated rings. The Hall–Kier alpha value is -2.20. The molecule has 24 heavy (non-hydrogen) atoms. The lowest BCUT2D eigenvalue weighted by atomic mass is 10.3. The predicted molar refractivity (Wildman–Crippen MR) is 83.5 cm³/mol. The van der Waals surface area contributed by atoms with Crippen molar-refractivity contribution in [2.24, 2.45) is 5.73 Å². The van der Waals surface area contributed by atoms with E-state index in [1.165, 1.54) is 18.2 Å². The maximum Gasteiger partial charge on any atom is 0.264 e. The molecule has 0 saturated heterocycles. The summed E-state index contributed by atoms with van der Waals surface area (Å²) >= 11 is 0.972. The lowest BCUT2D eigenvalue weighted by Gasteiger charge is -2.12. The summed E-state index contributed by atoms with van der Waals surface area (Å²) in [5.74, 6) is -5.90. The molecule has 0 aliphatic rings. The van der Waals surface area contributed by atoms with Crippen LogP contribution in [-0.2, 0) is 14.8 Å². The number of nitrogens with one attached hydrogen (secondary N) is 1. The van der Waals surface area contributed by atoms with Crippen LogP contribution in [0.5, 0.6) is 0 Å². The minimum atomic E-state index is -4.51. The van der Waals surface area contributed by atoms with Gasteiger partial charge in [-0.25, -0.2) is 21.6 Å². The highest BCUT2D eigenvalue weighted by molar-refractivity contribution is 8.00. The second-order valence-electron chi connectivity index (χ2n) is 4.53. The van der Waals surface area contributed by atoms with E-state index in [1.807, 2.05) is 0 Å². The Balaban J connectivity index is 2.37. The number of anilines is 1. The van der Waals surface area contributed by atoms with Crippen molar-refractivity contribution in [1.29, 1.82) is 0 Å². The Morgan fingerprint density at radius 2 is 1.75 bits per heavy atom. The number of rotatable bonds is 6. The van der Waals surface area contributed by atoms with Crippen LogP contribution in [0.2, 0.25) is 0 Å². The Morgan fingerprint density at radius 3 is 2.42 bits per heavy atom. The Labute approximate surface area is 140 Å². The van der Waals surface area contributed by atoms with Gasteiger partial charge in [-0.2, -0.15) is 0 Å². The lowest BCUT2D eigenvalue weighted by molar-refractivity contribution is -0.115. The van der Waals surface area contributed by atoms with Gasteiger partial charge in [-0.15, -0.1) is 11.8 Å². The Morgan fingerprint density at radius 1 is 1.08 bits per heavy atom. The molecule has 0 bridgehead atoms. The fourth-order valence-corrected chi connectivity index (χ4v) is 3.70.